The minimum Gasteiger partial charge on any atom is -0.438 e. The Hall–Kier alpha value is -3.04. The topological polar surface area (TPSA) is 88.1 Å². The van der Waals surface area contributed by atoms with Crippen molar-refractivity contribution in [3.8, 4) is 29.8 Å². The highest BCUT2D eigenvalue weighted by molar-refractivity contribution is 5.67. The van der Waals surface area contributed by atoms with Crippen molar-refractivity contribution in [2.45, 2.75) is 31.8 Å². The number of carbonyl (C=O) groups is 1. The summed E-state index contributed by atoms with van der Waals surface area (Å²) < 4.78 is 5.30. The maximum Gasteiger partial charge on any atom is 0.304 e. The highest BCUT2D eigenvalue weighted by Gasteiger charge is 2.35. The summed E-state index contributed by atoms with van der Waals surface area (Å²) in [6.07, 6.45) is 5.07. The Morgan fingerprint density at radius 1 is 1.22 bits per heavy atom. The molecule has 3 N–H and O–H groups in total. The largest absolute Gasteiger partial charge is 0.438 e. The number of benzene rings is 1. The van der Waals surface area contributed by atoms with Gasteiger partial charge in [-0.3, -0.25) is 4.79 Å². The van der Waals surface area contributed by atoms with Gasteiger partial charge in [-0.25, -0.2) is 0 Å². The van der Waals surface area contributed by atoms with Crippen molar-refractivity contribution in [2.24, 2.45) is 5.73 Å². The molecular formula is C22H25N3O2. The van der Waals surface area contributed by atoms with Gasteiger partial charge in [0, 0.05) is 25.5 Å². The van der Waals surface area contributed by atoms with E-state index >= 15 is 0 Å². The third kappa shape index (κ3) is 8.75. The van der Waals surface area contributed by atoms with E-state index in [1.165, 1.54) is 6.92 Å². The molecule has 0 heterocycles. The van der Waals surface area contributed by atoms with Crippen LogP contribution in [-0.2, 0) is 15.1 Å². The summed E-state index contributed by atoms with van der Waals surface area (Å²) in [6, 6.07) is 11.0. The number of hydrogen-bond acceptors (Lipinski definition) is 5. The molecular weight excluding hydrogens is 338 g/mol. The van der Waals surface area contributed by atoms with Crippen molar-refractivity contribution < 1.29 is 9.53 Å². The van der Waals surface area contributed by atoms with Gasteiger partial charge >= 0.3 is 5.97 Å². The van der Waals surface area contributed by atoms with Crippen molar-refractivity contribution in [2.75, 3.05) is 19.6 Å². The van der Waals surface area contributed by atoms with Gasteiger partial charge < -0.3 is 15.8 Å². The molecule has 1 aromatic rings. The van der Waals surface area contributed by atoms with Crippen LogP contribution in [0, 0.1) is 35.0 Å². The molecule has 0 aliphatic heterocycles. The summed E-state index contributed by atoms with van der Waals surface area (Å²) in [6.45, 7) is 3.71. The number of carbonyl (C=O) groups excluding carboxylic acids is 1. The summed E-state index contributed by atoms with van der Waals surface area (Å²) in [5.41, 5.74) is 4.60. The first-order valence-electron chi connectivity index (χ1n) is 8.83. The molecule has 1 rings (SSSR count). The number of esters is 1. The minimum absolute atomic E-state index is 0.0793. The fourth-order valence-electron chi connectivity index (χ4n) is 2.23. The van der Waals surface area contributed by atoms with Gasteiger partial charge in [0.05, 0.1) is 6.42 Å². The van der Waals surface area contributed by atoms with Crippen LogP contribution >= 0.6 is 0 Å². The third-order valence-corrected chi connectivity index (χ3v) is 3.51. The van der Waals surface area contributed by atoms with E-state index in [2.05, 4.69) is 35.1 Å². The Balaban J connectivity index is 2.61. The first kappa shape index (κ1) is 22.0. The number of nitrogens with one attached hydrogen (secondary N) is 1. The van der Waals surface area contributed by atoms with Gasteiger partial charge in [0.2, 0.25) is 5.60 Å². The molecule has 0 aliphatic rings. The van der Waals surface area contributed by atoms with Crippen LogP contribution in [0.15, 0.2) is 42.5 Å². The van der Waals surface area contributed by atoms with E-state index in [0.29, 0.717) is 12.1 Å². The molecule has 0 saturated heterocycles. The predicted molar refractivity (Wildman–Crippen MR) is 106 cm³/mol. The van der Waals surface area contributed by atoms with E-state index in [1.807, 2.05) is 6.07 Å². The molecule has 1 unspecified atom stereocenters. The van der Waals surface area contributed by atoms with Crippen LogP contribution in [0.4, 0.5) is 0 Å². The lowest BCUT2D eigenvalue weighted by Crippen LogP contribution is -2.29. The number of nitrogens with zero attached hydrogens (tertiary/aromatic N) is 1. The van der Waals surface area contributed by atoms with Crippen LogP contribution in [0.25, 0.3) is 0 Å². The molecule has 0 spiro atoms. The Morgan fingerprint density at radius 3 is 2.56 bits per heavy atom. The zero-order valence-electron chi connectivity index (χ0n) is 15.6. The van der Waals surface area contributed by atoms with Crippen molar-refractivity contribution in [3.05, 3.63) is 48.0 Å². The summed E-state index contributed by atoms with van der Waals surface area (Å²) in [7, 11) is 0. The number of rotatable bonds is 8. The number of ether oxygens (including phenoxy) is 1. The second-order valence-electron chi connectivity index (χ2n) is 5.69. The molecule has 0 amide bonds. The summed E-state index contributed by atoms with van der Waals surface area (Å²) in [5.74, 6) is 11.1. The predicted octanol–water partition coefficient (Wildman–Crippen LogP) is 2.25. The summed E-state index contributed by atoms with van der Waals surface area (Å²) in [4.78, 5) is 11.4. The zero-order chi connectivity index (χ0) is 19.8. The van der Waals surface area contributed by atoms with E-state index in [4.69, 9.17) is 10.5 Å². The van der Waals surface area contributed by atoms with Crippen LogP contribution in [0.2, 0.25) is 0 Å². The first-order valence-corrected chi connectivity index (χ1v) is 8.83. The van der Waals surface area contributed by atoms with Crippen LogP contribution in [0.3, 0.4) is 0 Å². The molecule has 5 heteroatoms. The lowest BCUT2D eigenvalue weighted by atomic mass is 9.92. The molecule has 0 saturated carbocycles. The van der Waals surface area contributed by atoms with Gasteiger partial charge in [-0.05, 0) is 31.7 Å². The lowest BCUT2D eigenvalue weighted by Gasteiger charge is -2.24. The van der Waals surface area contributed by atoms with E-state index in [1.54, 1.807) is 36.4 Å². The van der Waals surface area contributed by atoms with Crippen LogP contribution in [0.1, 0.15) is 31.7 Å². The molecule has 0 fully saturated rings. The molecule has 140 valence electrons. The molecule has 0 bridgehead atoms. The fraction of sp³-hybridized carbons (Fsp3) is 0.364. The zero-order valence-corrected chi connectivity index (χ0v) is 15.6. The van der Waals surface area contributed by atoms with Crippen molar-refractivity contribution >= 4 is 5.97 Å². The fourth-order valence-corrected chi connectivity index (χ4v) is 2.23. The Bertz CT molecular complexity index is 773. The van der Waals surface area contributed by atoms with Crippen molar-refractivity contribution in [1.82, 2.24) is 5.32 Å². The van der Waals surface area contributed by atoms with Gasteiger partial charge in [0.25, 0.3) is 0 Å². The van der Waals surface area contributed by atoms with Gasteiger partial charge in [0.15, 0.2) is 0 Å². The molecule has 0 aromatic heterocycles. The van der Waals surface area contributed by atoms with Gasteiger partial charge in [0.1, 0.15) is 6.07 Å². The maximum atomic E-state index is 11.4. The van der Waals surface area contributed by atoms with E-state index < -0.39 is 11.6 Å². The Labute approximate surface area is 161 Å². The third-order valence-electron chi connectivity index (χ3n) is 3.51. The Morgan fingerprint density at radius 2 is 1.93 bits per heavy atom. The molecule has 0 aliphatic carbocycles. The minimum atomic E-state index is -1.41. The van der Waals surface area contributed by atoms with Gasteiger partial charge in [-0.1, -0.05) is 54.0 Å². The Kier molecular flexibility index (Phi) is 10.8. The highest BCUT2D eigenvalue weighted by atomic mass is 16.6. The monoisotopic (exact) mass is 363 g/mol. The van der Waals surface area contributed by atoms with Crippen molar-refractivity contribution in [3.63, 3.8) is 0 Å². The van der Waals surface area contributed by atoms with Gasteiger partial charge in [-0.15, -0.1) is 0 Å². The van der Waals surface area contributed by atoms with E-state index in [0.717, 1.165) is 25.9 Å². The van der Waals surface area contributed by atoms with Crippen LogP contribution in [0.5, 0.6) is 0 Å². The molecule has 5 nitrogen and oxygen atoms in total. The SMILES string of the molecule is CC(=O)OC(C#N)(CC#C/C=C/C#CCCNCCCN)c1ccccc1. The molecule has 27 heavy (non-hydrogen) atoms. The van der Waals surface area contributed by atoms with Crippen LogP contribution < -0.4 is 11.1 Å². The summed E-state index contributed by atoms with van der Waals surface area (Å²) in [5, 5.41) is 12.9. The number of nitriles is 1. The first-order chi connectivity index (χ1) is 13.1. The second-order valence-corrected chi connectivity index (χ2v) is 5.69. The average Bonchev–Trinajstić information content (AvgIpc) is 2.68. The average molecular weight is 363 g/mol. The van der Waals surface area contributed by atoms with E-state index in [9.17, 15) is 10.1 Å². The molecule has 1 aromatic carbocycles. The smallest absolute Gasteiger partial charge is 0.304 e. The number of allylic oxidation sites excluding steroid dienone is 2. The molecule has 1 atom stereocenters. The molecule has 0 radical (unpaired) electrons. The normalized spacial score (nSPS) is 12.0. The standard InChI is InChI=1S/C22H25N3O2/c1-20(26)27-22(19-24,21-13-8-7-9-14-21)15-10-5-3-2-4-6-11-17-25-18-12-16-23/h2-3,7-9,13-14,25H,11-12,15-18,23H2,1H3/b3-2+. The maximum absolute atomic E-state index is 11.4. The summed E-state index contributed by atoms with van der Waals surface area (Å²) >= 11 is 0. The van der Waals surface area contributed by atoms with Crippen LogP contribution in [-0.4, -0.2) is 25.6 Å². The van der Waals surface area contributed by atoms with Crippen molar-refractivity contribution in [1.29, 1.82) is 5.26 Å². The lowest BCUT2D eigenvalue weighted by molar-refractivity contribution is -0.152. The number of hydrogen-bond donors (Lipinski definition) is 2. The number of nitrogens with two attached hydrogens (primary N) is 1. The van der Waals surface area contributed by atoms with E-state index in [-0.39, 0.29) is 6.42 Å². The second kappa shape index (κ2) is 13.2. The highest BCUT2D eigenvalue weighted by Crippen LogP contribution is 2.28. The van der Waals surface area contributed by atoms with Gasteiger partial charge in [-0.2, -0.15) is 5.26 Å². The quantitative estimate of drug-likeness (QED) is 0.420.